The Labute approximate surface area is 110 Å². The maximum Gasteiger partial charge on any atom is 0.324 e. The molecular formula is C13H27N3O2. The van der Waals surface area contributed by atoms with Crippen LogP contribution in [0.5, 0.6) is 0 Å². The van der Waals surface area contributed by atoms with E-state index in [-0.39, 0.29) is 0 Å². The van der Waals surface area contributed by atoms with Gasteiger partial charge in [0.25, 0.3) is 0 Å². The van der Waals surface area contributed by atoms with Gasteiger partial charge in [-0.1, -0.05) is 6.92 Å². The summed E-state index contributed by atoms with van der Waals surface area (Å²) in [4.78, 5) is 16.0. The summed E-state index contributed by atoms with van der Waals surface area (Å²) in [5.41, 5.74) is -0.865. The van der Waals surface area contributed by atoms with Crippen LogP contribution in [-0.4, -0.2) is 72.7 Å². The molecule has 1 aliphatic rings. The lowest BCUT2D eigenvalue weighted by Gasteiger charge is -2.36. The van der Waals surface area contributed by atoms with Crippen molar-refractivity contribution in [1.82, 2.24) is 15.1 Å². The summed E-state index contributed by atoms with van der Waals surface area (Å²) < 4.78 is 0. The smallest absolute Gasteiger partial charge is 0.324 e. The van der Waals surface area contributed by atoms with E-state index in [2.05, 4.69) is 29.1 Å². The van der Waals surface area contributed by atoms with Gasteiger partial charge < -0.3 is 15.3 Å². The van der Waals surface area contributed by atoms with E-state index in [1.165, 1.54) is 0 Å². The molecule has 2 N–H and O–H groups in total. The minimum absolute atomic E-state index is 0.449. The molecule has 5 nitrogen and oxygen atoms in total. The Morgan fingerprint density at radius 1 is 1.50 bits per heavy atom. The molecule has 5 heteroatoms. The van der Waals surface area contributed by atoms with Crippen LogP contribution >= 0.6 is 0 Å². The van der Waals surface area contributed by atoms with Crippen LogP contribution in [0.2, 0.25) is 0 Å². The lowest BCUT2D eigenvalue weighted by atomic mass is 10.0. The van der Waals surface area contributed by atoms with Crippen molar-refractivity contribution in [2.75, 3.05) is 40.3 Å². The quantitative estimate of drug-likeness (QED) is 0.749. The molecule has 2 atom stereocenters. The lowest BCUT2D eigenvalue weighted by molar-refractivity contribution is -0.145. The zero-order valence-corrected chi connectivity index (χ0v) is 12.1. The summed E-state index contributed by atoms with van der Waals surface area (Å²) >= 11 is 0. The monoisotopic (exact) mass is 257 g/mol. The molecule has 106 valence electrons. The van der Waals surface area contributed by atoms with Crippen LogP contribution in [-0.2, 0) is 4.79 Å². The first-order valence-corrected chi connectivity index (χ1v) is 6.78. The minimum atomic E-state index is -0.865. The van der Waals surface area contributed by atoms with E-state index in [1.54, 1.807) is 14.0 Å². The topological polar surface area (TPSA) is 55.8 Å². The fraction of sp³-hybridized carbons (Fsp3) is 0.923. The van der Waals surface area contributed by atoms with Gasteiger partial charge in [0.1, 0.15) is 5.54 Å². The minimum Gasteiger partial charge on any atom is -0.480 e. The molecule has 1 aliphatic heterocycles. The Morgan fingerprint density at radius 3 is 2.67 bits per heavy atom. The zero-order valence-electron chi connectivity index (χ0n) is 12.1. The van der Waals surface area contributed by atoms with Crippen molar-refractivity contribution >= 4 is 5.97 Å². The van der Waals surface area contributed by atoms with Crippen LogP contribution in [0.25, 0.3) is 0 Å². The number of carboxylic acid groups (broad SMARTS) is 1. The third-order valence-corrected chi connectivity index (χ3v) is 4.04. The second kappa shape index (κ2) is 6.50. The third kappa shape index (κ3) is 3.67. The number of aliphatic carboxylic acids is 1. The average molecular weight is 257 g/mol. The van der Waals surface area contributed by atoms with E-state index in [9.17, 15) is 9.90 Å². The van der Waals surface area contributed by atoms with Gasteiger partial charge in [-0.05, 0) is 47.0 Å². The number of hydrogen-bond acceptors (Lipinski definition) is 4. The van der Waals surface area contributed by atoms with Gasteiger partial charge in [-0.3, -0.25) is 9.69 Å². The molecule has 1 fully saturated rings. The normalized spacial score (nSPS) is 26.6. The second-order valence-electron chi connectivity index (χ2n) is 5.54. The Morgan fingerprint density at radius 2 is 2.17 bits per heavy atom. The highest BCUT2D eigenvalue weighted by Gasteiger charge is 2.35. The van der Waals surface area contributed by atoms with E-state index < -0.39 is 11.5 Å². The van der Waals surface area contributed by atoms with Crippen molar-refractivity contribution in [1.29, 1.82) is 0 Å². The number of carboxylic acids is 1. The maximum absolute atomic E-state index is 11.4. The van der Waals surface area contributed by atoms with Crippen LogP contribution in [0.15, 0.2) is 0 Å². The first-order valence-electron chi connectivity index (χ1n) is 6.78. The Hall–Kier alpha value is -0.650. The Bertz CT molecular complexity index is 285. The van der Waals surface area contributed by atoms with Crippen molar-refractivity contribution in [3.05, 3.63) is 0 Å². The molecule has 0 aliphatic carbocycles. The summed E-state index contributed by atoms with van der Waals surface area (Å²) in [5, 5.41) is 12.3. The third-order valence-electron chi connectivity index (χ3n) is 4.04. The van der Waals surface area contributed by atoms with Gasteiger partial charge in [-0.2, -0.15) is 0 Å². The highest BCUT2D eigenvalue weighted by atomic mass is 16.4. The number of hydrogen-bond donors (Lipinski definition) is 2. The summed E-state index contributed by atoms with van der Waals surface area (Å²) in [6.45, 7) is 7.59. The predicted octanol–water partition coefficient (Wildman–Crippen LogP) is 0.465. The molecule has 0 radical (unpaired) electrons. The van der Waals surface area contributed by atoms with E-state index >= 15 is 0 Å². The number of rotatable bonds is 5. The molecule has 0 aromatic rings. The second-order valence-corrected chi connectivity index (χ2v) is 5.54. The molecule has 1 heterocycles. The summed E-state index contributed by atoms with van der Waals surface area (Å²) in [7, 11) is 3.86. The molecular weight excluding hydrogens is 230 g/mol. The molecule has 2 unspecified atom stereocenters. The molecule has 0 aromatic carbocycles. The number of carbonyl (C=O) groups is 1. The SMILES string of the molecule is CCC1CN(C)CCCN1CC(C)(NC)C(=O)O. The van der Waals surface area contributed by atoms with Crippen molar-refractivity contribution in [3.63, 3.8) is 0 Å². The number of nitrogens with one attached hydrogen (secondary N) is 1. The fourth-order valence-corrected chi connectivity index (χ4v) is 2.55. The van der Waals surface area contributed by atoms with Gasteiger partial charge in [0.15, 0.2) is 0 Å². The van der Waals surface area contributed by atoms with Crippen molar-refractivity contribution in [2.24, 2.45) is 0 Å². The van der Waals surface area contributed by atoms with E-state index in [0.717, 1.165) is 32.5 Å². The van der Waals surface area contributed by atoms with Gasteiger partial charge in [0.2, 0.25) is 0 Å². The summed E-state index contributed by atoms with van der Waals surface area (Å²) in [6, 6.07) is 0.449. The number of likely N-dealkylation sites (N-methyl/N-ethyl adjacent to an activating group) is 2. The van der Waals surface area contributed by atoms with E-state index in [1.807, 2.05) is 0 Å². The first-order chi connectivity index (χ1) is 8.42. The molecule has 0 saturated carbocycles. The van der Waals surface area contributed by atoms with Gasteiger partial charge in [-0.25, -0.2) is 0 Å². The van der Waals surface area contributed by atoms with Crippen LogP contribution in [0, 0.1) is 0 Å². The largest absolute Gasteiger partial charge is 0.480 e. The van der Waals surface area contributed by atoms with Crippen molar-refractivity contribution < 1.29 is 9.90 Å². The highest BCUT2D eigenvalue weighted by Crippen LogP contribution is 2.16. The highest BCUT2D eigenvalue weighted by molar-refractivity contribution is 5.78. The Balaban J connectivity index is 2.76. The molecule has 0 spiro atoms. The number of nitrogens with zero attached hydrogens (tertiary/aromatic N) is 2. The molecule has 1 rings (SSSR count). The van der Waals surface area contributed by atoms with Crippen LogP contribution in [0.3, 0.4) is 0 Å². The van der Waals surface area contributed by atoms with Gasteiger partial charge in [0.05, 0.1) is 0 Å². The zero-order chi connectivity index (χ0) is 13.8. The standard InChI is InChI=1S/C13H27N3O2/c1-5-11-9-15(4)7-6-8-16(11)10-13(2,14-3)12(17)18/h11,14H,5-10H2,1-4H3,(H,17,18). The molecule has 0 aromatic heterocycles. The Kier molecular flexibility index (Phi) is 5.56. The van der Waals surface area contributed by atoms with Gasteiger partial charge >= 0.3 is 5.97 Å². The molecule has 0 bridgehead atoms. The molecule has 0 amide bonds. The average Bonchev–Trinajstić information content (AvgIpc) is 2.50. The maximum atomic E-state index is 11.4. The molecule has 18 heavy (non-hydrogen) atoms. The van der Waals surface area contributed by atoms with Crippen LogP contribution < -0.4 is 5.32 Å². The van der Waals surface area contributed by atoms with Crippen molar-refractivity contribution in [2.45, 2.75) is 38.3 Å². The van der Waals surface area contributed by atoms with Crippen LogP contribution in [0.1, 0.15) is 26.7 Å². The fourth-order valence-electron chi connectivity index (χ4n) is 2.55. The molecule has 1 saturated heterocycles. The van der Waals surface area contributed by atoms with Crippen LogP contribution in [0.4, 0.5) is 0 Å². The summed E-state index contributed by atoms with van der Waals surface area (Å²) in [5.74, 6) is -0.780. The first kappa shape index (κ1) is 15.4. The lowest BCUT2D eigenvalue weighted by Crippen LogP contribution is -2.57. The van der Waals surface area contributed by atoms with E-state index in [4.69, 9.17) is 0 Å². The predicted molar refractivity (Wildman–Crippen MR) is 72.9 cm³/mol. The van der Waals surface area contributed by atoms with Crippen molar-refractivity contribution in [3.8, 4) is 0 Å². The van der Waals surface area contributed by atoms with E-state index in [0.29, 0.717) is 12.6 Å². The van der Waals surface area contributed by atoms with Gasteiger partial charge in [0, 0.05) is 19.1 Å². The van der Waals surface area contributed by atoms with Gasteiger partial charge in [-0.15, -0.1) is 0 Å². The summed E-state index contributed by atoms with van der Waals surface area (Å²) in [6.07, 6.45) is 2.16.